The normalized spacial score (nSPS) is 11.2. The zero-order chi connectivity index (χ0) is 13.1. The Morgan fingerprint density at radius 2 is 1.89 bits per heavy atom. The lowest BCUT2D eigenvalue weighted by Crippen LogP contribution is -1.91. The predicted molar refractivity (Wildman–Crippen MR) is 83.1 cm³/mol. The average Bonchev–Trinajstić information content (AvgIpc) is 2.69. The molecule has 0 fully saturated rings. The highest BCUT2D eigenvalue weighted by Gasteiger charge is 2.10. The van der Waals surface area contributed by atoms with Crippen LogP contribution in [0.5, 0.6) is 0 Å². The first-order valence-electron chi connectivity index (χ1n) is 6.28. The van der Waals surface area contributed by atoms with Crippen molar-refractivity contribution in [3.05, 3.63) is 38.6 Å². The first-order chi connectivity index (χ1) is 8.56. The Balaban J connectivity index is 2.21. The van der Waals surface area contributed by atoms with Gasteiger partial charge in [-0.25, -0.2) is 4.98 Å². The average molecular weight is 324 g/mol. The van der Waals surface area contributed by atoms with Crippen LogP contribution in [0.4, 0.5) is 0 Å². The standard InChI is InChI=1S/C15H18BrNS/c1-10(2)4-9-14-17-15(11(3)18-14)12-5-7-13(16)8-6-12/h5-8,10H,4,9H2,1-3H3. The molecule has 0 aliphatic heterocycles. The van der Waals surface area contributed by atoms with E-state index in [9.17, 15) is 0 Å². The van der Waals surface area contributed by atoms with Gasteiger partial charge in [-0.3, -0.25) is 0 Å². The summed E-state index contributed by atoms with van der Waals surface area (Å²) in [7, 11) is 0. The Morgan fingerprint density at radius 1 is 1.22 bits per heavy atom. The molecule has 0 spiro atoms. The van der Waals surface area contributed by atoms with E-state index in [0.29, 0.717) is 0 Å². The van der Waals surface area contributed by atoms with E-state index in [1.54, 1.807) is 0 Å². The molecule has 2 rings (SSSR count). The molecule has 3 heteroatoms. The molecule has 0 unspecified atom stereocenters. The fourth-order valence-corrected chi connectivity index (χ4v) is 3.08. The van der Waals surface area contributed by atoms with E-state index in [2.05, 4.69) is 61.0 Å². The number of hydrogen-bond acceptors (Lipinski definition) is 2. The minimum atomic E-state index is 0.741. The summed E-state index contributed by atoms with van der Waals surface area (Å²) in [6, 6.07) is 8.39. The number of nitrogens with zero attached hydrogens (tertiary/aromatic N) is 1. The Morgan fingerprint density at radius 3 is 2.50 bits per heavy atom. The van der Waals surface area contributed by atoms with E-state index in [1.807, 2.05) is 11.3 Å². The maximum absolute atomic E-state index is 4.78. The van der Waals surface area contributed by atoms with Gasteiger partial charge < -0.3 is 0 Å². The van der Waals surface area contributed by atoms with Crippen LogP contribution in [0.1, 0.15) is 30.2 Å². The van der Waals surface area contributed by atoms with E-state index < -0.39 is 0 Å². The van der Waals surface area contributed by atoms with Gasteiger partial charge in [-0.15, -0.1) is 11.3 Å². The number of thiazole rings is 1. The fourth-order valence-electron chi connectivity index (χ4n) is 1.85. The SMILES string of the molecule is Cc1sc(CCC(C)C)nc1-c1ccc(Br)cc1. The molecule has 0 atom stereocenters. The molecule has 1 aromatic carbocycles. The molecular formula is C15H18BrNS. The largest absolute Gasteiger partial charge is 0.241 e. The fraction of sp³-hybridized carbons (Fsp3) is 0.400. The van der Waals surface area contributed by atoms with Gasteiger partial charge in [-0.1, -0.05) is 41.9 Å². The van der Waals surface area contributed by atoms with Crippen LogP contribution in [-0.2, 0) is 6.42 Å². The first-order valence-corrected chi connectivity index (χ1v) is 7.89. The molecule has 0 amide bonds. The molecule has 1 heterocycles. The van der Waals surface area contributed by atoms with Gasteiger partial charge in [0.1, 0.15) is 0 Å². The molecule has 96 valence electrons. The number of benzene rings is 1. The van der Waals surface area contributed by atoms with Gasteiger partial charge in [0.15, 0.2) is 0 Å². The third-order valence-electron chi connectivity index (χ3n) is 2.89. The number of hydrogen-bond donors (Lipinski definition) is 0. The second kappa shape index (κ2) is 5.98. The topological polar surface area (TPSA) is 12.9 Å². The number of rotatable bonds is 4. The van der Waals surface area contributed by atoms with Crippen molar-refractivity contribution in [2.75, 3.05) is 0 Å². The van der Waals surface area contributed by atoms with Crippen molar-refractivity contribution >= 4 is 27.3 Å². The van der Waals surface area contributed by atoms with E-state index >= 15 is 0 Å². The number of halogens is 1. The highest BCUT2D eigenvalue weighted by Crippen LogP contribution is 2.29. The van der Waals surface area contributed by atoms with E-state index in [1.165, 1.54) is 21.9 Å². The van der Waals surface area contributed by atoms with Crippen LogP contribution >= 0.6 is 27.3 Å². The molecule has 2 aromatic rings. The maximum Gasteiger partial charge on any atom is 0.0935 e. The van der Waals surface area contributed by atoms with Gasteiger partial charge in [0.25, 0.3) is 0 Å². The van der Waals surface area contributed by atoms with Crippen molar-refractivity contribution in [3.8, 4) is 11.3 Å². The van der Waals surface area contributed by atoms with Crippen LogP contribution in [0.25, 0.3) is 11.3 Å². The molecule has 1 nitrogen and oxygen atoms in total. The van der Waals surface area contributed by atoms with Crippen LogP contribution in [-0.4, -0.2) is 4.98 Å². The molecule has 1 aromatic heterocycles. The summed E-state index contributed by atoms with van der Waals surface area (Å²) in [6.45, 7) is 6.68. The summed E-state index contributed by atoms with van der Waals surface area (Å²) < 4.78 is 1.11. The van der Waals surface area contributed by atoms with E-state index in [4.69, 9.17) is 4.98 Å². The minimum Gasteiger partial charge on any atom is -0.241 e. The Bertz CT molecular complexity index is 514. The summed E-state index contributed by atoms with van der Waals surface area (Å²) in [5.41, 5.74) is 2.36. The van der Waals surface area contributed by atoms with E-state index in [-0.39, 0.29) is 0 Å². The molecule has 0 aliphatic carbocycles. The highest BCUT2D eigenvalue weighted by atomic mass is 79.9. The second-order valence-corrected chi connectivity index (χ2v) is 7.16. The summed E-state index contributed by atoms with van der Waals surface area (Å²) in [5.74, 6) is 0.741. The van der Waals surface area contributed by atoms with Gasteiger partial charge >= 0.3 is 0 Å². The zero-order valence-electron chi connectivity index (χ0n) is 11.0. The van der Waals surface area contributed by atoms with Gasteiger partial charge in [-0.05, 0) is 37.8 Å². The molecule has 18 heavy (non-hydrogen) atoms. The van der Waals surface area contributed by atoms with Crippen molar-refractivity contribution in [2.24, 2.45) is 5.92 Å². The van der Waals surface area contributed by atoms with Gasteiger partial charge in [0.05, 0.1) is 10.7 Å². The predicted octanol–water partition coefficient (Wildman–Crippen LogP) is 5.47. The Kier molecular flexibility index (Phi) is 4.57. The lowest BCUT2D eigenvalue weighted by atomic mass is 10.1. The summed E-state index contributed by atoms with van der Waals surface area (Å²) >= 11 is 5.30. The third-order valence-corrected chi connectivity index (χ3v) is 4.45. The summed E-state index contributed by atoms with van der Waals surface area (Å²) in [6.07, 6.45) is 2.31. The van der Waals surface area contributed by atoms with Crippen LogP contribution in [0, 0.1) is 12.8 Å². The molecule has 0 saturated heterocycles. The van der Waals surface area contributed by atoms with Crippen LogP contribution < -0.4 is 0 Å². The van der Waals surface area contributed by atoms with Crippen LogP contribution in [0.15, 0.2) is 28.7 Å². The van der Waals surface area contributed by atoms with Crippen molar-refractivity contribution in [3.63, 3.8) is 0 Å². The van der Waals surface area contributed by atoms with Gasteiger partial charge in [0, 0.05) is 14.9 Å². The summed E-state index contributed by atoms with van der Waals surface area (Å²) in [4.78, 5) is 6.10. The third kappa shape index (κ3) is 3.42. The summed E-state index contributed by atoms with van der Waals surface area (Å²) in [5, 5.41) is 1.26. The van der Waals surface area contributed by atoms with E-state index in [0.717, 1.165) is 22.5 Å². The Hall–Kier alpha value is -0.670. The van der Waals surface area contributed by atoms with Gasteiger partial charge in [0.2, 0.25) is 0 Å². The zero-order valence-corrected chi connectivity index (χ0v) is 13.4. The maximum atomic E-state index is 4.78. The van der Waals surface area contributed by atoms with Crippen LogP contribution in [0.3, 0.4) is 0 Å². The Labute approximate surface area is 121 Å². The molecule has 0 N–H and O–H groups in total. The van der Waals surface area contributed by atoms with Crippen molar-refractivity contribution < 1.29 is 0 Å². The smallest absolute Gasteiger partial charge is 0.0935 e. The molecule has 0 saturated carbocycles. The molecule has 0 aliphatic rings. The van der Waals surface area contributed by atoms with Gasteiger partial charge in [-0.2, -0.15) is 0 Å². The number of aryl methyl sites for hydroxylation is 2. The molecule has 0 bridgehead atoms. The lowest BCUT2D eigenvalue weighted by Gasteiger charge is -2.00. The van der Waals surface area contributed by atoms with Crippen molar-refractivity contribution in [1.82, 2.24) is 4.98 Å². The van der Waals surface area contributed by atoms with Crippen LogP contribution in [0.2, 0.25) is 0 Å². The molecule has 0 radical (unpaired) electrons. The lowest BCUT2D eigenvalue weighted by molar-refractivity contribution is 0.585. The molecular weight excluding hydrogens is 306 g/mol. The highest BCUT2D eigenvalue weighted by molar-refractivity contribution is 9.10. The monoisotopic (exact) mass is 323 g/mol. The van der Waals surface area contributed by atoms with Crippen molar-refractivity contribution in [2.45, 2.75) is 33.6 Å². The first kappa shape index (κ1) is 13.8. The number of aromatic nitrogens is 1. The second-order valence-electron chi connectivity index (χ2n) is 4.95. The van der Waals surface area contributed by atoms with Crippen molar-refractivity contribution in [1.29, 1.82) is 0 Å². The minimum absolute atomic E-state index is 0.741. The quantitative estimate of drug-likeness (QED) is 0.727.